The van der Waals surface area contributed by atoms with Gasteiger partial charge in [0.15, 0.2) is 11.3 Å². The maximum Gasteiger partial charge on any atom is 0.314 e. The Kier molecular flexibility index (Phi) is 2.03. The Morgan fingerprint density at radius 3 is 2.45 bits per heavy atom. The van der Waals surface area contributed by atoms with Gasteiger partial charge >= 0.3 is 5.97 Å². The molecular weight excluding hydrogens is 260 g/mol. The van der Waals surface area contributed by atoms with E-state index in [1.165, 1.54) is 0 Å². The van der Waals surface area contributed by atoms with Crippen LogP contribution in [0.5, 0.6) is 5.75 Å². The fourth-order valence-electron chi connectivity index (χ4n) is 2.98. The highest BCUT2D eigenvalue weighted by atomic mass is 16.5. The Morgan fingerprint density at radius 1 is 1.20 bits per heavy atom. The van der Waals surface area contributed by atoms with E-state index in [1.807, 2.05) is 0 Å². The lowest BCUT2D eigenvalue weighted by atomic mass is 9.91. The molecule has 1 aliphatic carbocycles. The number of fused-ring (bicyclic) bond motifs is 2. The van der Waals surface area contributed by atoms with Crippen LogP contribution in [0.4, 0.5) is 0 Å². The van der Waals surface area contributed by atoms with Crippen LogP contribution in [0, 0.1) is 0 Å². The minimum atomic E-state index is -0.857. The second-order valence-corrected chi connectivity index (χ2v) is 5.12. The second-order valence-electron chi connectivity index (χ2n) is 5.12. The molecule has 0 radical (unpaired) electrons. The Labute approximate surface area is 113 Å². The van der Waals surface area contributed by atoms with Gasteiger partial charge in [-0.15, -0.1) is 0 Å². The summed E-state index contributed by atoms with van der Waals surface area (Å²) in [6.45, 7) is 0. The largest absolute Gasteiger partial charge is 0.492 e. The number of hydrogen-bond donors (Lipinski definition) is 1. The van der Waals surface area contributed by atoms with Gasteiger partial charge < -0.3 is 18.7 Å². The van der Waals surface area contributed by atoms with E-state index >= 15 is 0 Å². The van der Waals surface area contributed by atoms with Crippen molar-refractivity contribution in [2.24, 2.45) is 0 Å². The van der Waals surface area contributed by atoms with Gasteiger partial charge in [0.05, 0.1) is 30.4 Å². The SMILES string of the molecule is COc1c2ccoc2c(C2(C(=O)O)CC2)c2ccoc12. The summed E-state index contributed by atoms with van der Waals surface area (Å²) in [4.78, 5) is 11.7. The van der Waals surface area contributed by atoms with Crippen LogP contribution in [0.1, 0.15) is 18.4 Å². The van der Waals surface area contributed by atoms with Gasteiger partial charge in [-0.05, 0) is 25.0 Å². The van der Waals surface area contributed by atoms with Gasteiger partial charge in [0.25, 0.3) is 0 Å². The molecule has 1 aliphatic rings. The molecule has 1 aromatic carbocycles. The third-order valence-corrected chi connectivity index (χ3v) is 4.12. The van der Waals surface area contributed by atoms with E-state index in [0.717, 1.165) is 10.8 Å². The van der Waals surface area contributed by atoms with E-state index in [-0.39, 0.29) is 0 Å². The van der Waals surface area contributed by atoms with Crippen molar-refractivity contribution < 1.29 is 23.5 Å². The molecule has 1 saturated carbocycles. The van der Waals surface area contributed by atoms with Crippen molar-refractivity contribution in [3.63, 3.8) is 0 Å². The van der Waals surface area contributed by atoms with Gasteiger partial charge in [0.2, 0.25) is 0 Å². The van der Waals surface area contributed by atoms with Crippen molar-refractivity contribution in [2.75, 3.05) is 7.11 Å². The van der Waals surface area contributed by atoms with Crippen LogP contribution in [0.25, 0.3) is 21.9 Å². The Hall–Kier alpha value is -2.43. The van der Waals surface area contributed by atoms with Crippen molar-refractivity contribution in [2.45, 2.75) is 18.3 Å². The minimum absolute atomic E-state index is 0.573. The topological polar surface area (TPSA) is 72.8 Å². The zero-order valence-corrected chi connectivity index (χ0v) is 10.8. The van der Waals surface area contributed by atoms with E-state index in [4.69, 9.17) is 13.6 Å². The summed E-state index contributed by atoms with van der Waals surface area (Å²) < 4.78 is 16.5. The standard InChI is InChI=1S/C15H12O5/c1-18-12-9-3-7-19-11(9)10(8-2-6-20-13(8)12)15(4-5-15)14(16)17/h2-3,6-7H,4-5H2,1H3,(H,16,17). The number of ether oxygens (including phenoxy) is 1. The van der Waals surface area contributed by atoms with Crippen molar-refractivity contribution in [3.8, 4) is 5.75 Å². The summed E-state index contributed by atoms with van der Waals surface area (Å²) in [5.74, 6) is -0.235. The molecule has 0 atom stereocenters. The molecule has 0 amide bonds. The lowest BCUT2D eigenvalue weighted by Gasteiger charge is -2.14. The van der Waals surface area contributed by atoms with Crippen LogP contribution in [0.3, 0.4) is 0 Å². The van der Waals surface area contributed by atoms with Crippen molar-refractivity contribution in [1.82, 2.24) is 0 Å². The van der Waals surface area contributed by atoms with Crippen LogP contribution in [-0.4, -0.2) is 18.2 Å². The number of carboxylic acid groups (broad SMARTS) is 1. The van der Waals surface area contributed by atoms with E-state index < -0.39 is 11.4 Å². The molecule has 5 heteroatoms. The van der Waals surface area contributed by atoms with Gasteiger partial charge in [-0.3, -0.25) is 4.79 Å². The summed E-state index contributed by atoms with van der Waals surface area (Å²) in [5.41, 5.74) is 0.999. The summed E-state index contributed by atoms with van der Waals surface area (Å²) >= 11 is 0. The first-order chi connectivity index (χ1) is 9.69. The summed E-state index contributed by atoms with van der Waals surface area (Å²) in [7, 11) is 1.56. The number of benzene rings is 1. The molecule has 2 aromatic heterocycles. The van der Waals surface area contributed by atoms with Crippen molar-refractivity contribution >= 4 is 27.9 Å². The molecular formula is C15H12O5. The van der Waals surface area contributed by atoms with Crippen LogP contribution in [-0.2, 0) is 10.2 Å². The smallest absolute Gasteiger partial charge is 0.314 e. The van der Waals surface area contributed by atoms with Gasteiger partial charge in [-0.1, -0.05) is 0 Å². The molecule has 0 bridgehead atoms. The average molecular weight is 272 g/mol. The van der Waals surface area contributed by atoms with Crippen LogP contribution >= 0.6 is 0 Å². The molecule has 1 N–H and O–H groups in total. The number of aliphatic carboxylic acids is 1. The molecule has 0 spiro atoms. The maximum absolute atomic E-state index is 11.7. The Morgan fingerprint density at radius 2 is 1.85 bits per heavy atom. The number of rotatable bonds is 3. The summed E-state index contributed by atoms with van der Waals surface area (Å²) in [6.07, 6.45) is 4.33. The molecule has 1 fully saturated rings. The van der Waals surface area contributed by atoms with E-state index in [9.17, 15) is 9.90 Å². The van der Waals surface area contributed by atoms with E-state index in [1.54, 1.807) is 31.8 Å². The molecule has 0 unspecified atom stereocenters. The van der Waals surface area contributed by atoms with Gasteiger partial charge in [-0.2, -0.15) is 0 Å². The molecule has 0 aliphatic heterocycles. The number of furan rings is 2. The number of hydrogen-bond acceptors (Lipinski definition) is 4. The fraction of sp³-hybridized carbons (Fsp3) is 0.267. The first-order valence-corrected chi connectivity index (χ1v) is 6.37. The summed E-state index contributed by atoms with van der Waals surface area (Å²) in [5, 5.41) is 11.1. The maximum atomic E-state index is 11.7. The fourth-order valence-corrected chi connectivity index (χ4v) is 2.98. The van der Waals surface area contributed by atoms with E-state index in [0.29, 0.717) is 35.3 Å². The number of carbonyl (C=O) groups is 1. The lowest BCUT2D eigenvalue weighted by molar-refractivity contribution is -0.139. The zero-order chi connectivity index (χ0) is 13.9. The second kappa shape index (κ2) is 3.56. The number of carboxylic acids is 1. The lowest BCUT2D eigenvalue weighted by Crippen LogP contribution is -2.20. The highest BCUT2D eigenvalue weighted by molar-refractivity contribution is 6.08. The van der Waals surface area contributed by atoms with Gasteiger partial charge in [0, 0.05) is 10.9 Å². The highest BCUT2D eigenvalue weighted by Crippen LogP contribution is 2.55. The molecule has 2 heterocycles. The van der Waals surface area contributed by atoms with Crippen molar-refractivity contribution in [1.29, 1.82) is 0 Å². The first-order valence-electron chi connectivity index (χ1n) is 6.37. The molecule has 3 aromatic rings. The normalized spacial score (nSPS) is 16.6. The third kappa shape index (κ3) is 1.20. The van der Waals surface area contributed by atoms with Gasteiger partial charge in [-0.25, -0.2) is 0 Å². The monoisotopic (exact) mass is 272 g/mol. The highest BCUT2D eigenvalue weighted by Gasteiger charge is 2.54. The van der Waals surface area contributed by atoms with Crippen LogP contribution < -0.4 is 4.74 Å². The minimum Gasteiger partial charge on any atom is -0.492 e. The summed E-state index contributed by atoms with van der Waals surface area (Å²) in [6, 6.07) is 3.55. The molecule has 5 nitrogen and oxygen atoms in total. The van der Waals surface area contributed by atoms with E-state index in [2.05, 4.69) is 0 Å². The Bertz CT molecular complexity index is 783. The quantitative estimate of drug-likeness (QED) is 0.791. The molecule has 4 rings (SSSR count). The average Bonchev–Trinajstić information content (AvgIpc) is 2.86. The van der Waals surface area contributed by atoms with Gasteiger partial charge in [0.1, 0.15) is 5.58 Å². The predicted octanol–water partition coefficient (Wildman–Crippen LogP) is 3.30. The molecule has 20 heavy (non-hydrogen) atoms. The van der Waals surface area contributed by atoms with Crippen molar-refractivity contribution in [3.05, 3.63) is 30.2 Å². The number of methoxy groups -OCH3 is 1. The Balaban J connectivity index is 2.21. The first kappa shape index (κ1) is 11.4. The molecule has 102 valence electrons. The molecule has 0 saturated heterocycles. The van der Waals surface area contributed by atoms with Crippen LogP contribution in [0.15, 0.2) is 33.5 Å². The van der Waals surface area contributed by atoms with Crippen LogP contribution in [0.2, 0.25) is 0 Å². The predicted molar refractivity (Wildman–Crippen MR) is 71.1 cm³/mol. The zero-order valence-electron chi connectivity index (χ0n) is 10.8. The third-order valence-electron chi connectivity index (χ3n) is 4.12.